The van der Waals surface area contributed by atoms with E-state index in [2.05, 4.69) is 5.32 Å². The highest BCUT2D eigenvalue weighted by Gasteiger charge is 2.22. The molecule has 1 aliphatic rings. The van der Waals surface area contributed by atoms with Gasteiger partial charge in [-0.05, 0) is 25.0 Å². The average Bonchev–Trinajstić information content (AvgIpc) is 2.43. The Morgan fingerprint density at radius 1 is 1.26 bits per heavy atom. The molecule has 1 aromatic rings. The van der Waals surface area contributed by atoms with E-state index >= 15 is 0 Å². The summed E-state index contributed by atoms with van der Waals surface area (Å²) < 4.78 is 5.50. The van der Waals surface area contributed by atoms with Crippen molar-refractivity contribution in [1.29, 1.82) is 0 Å². The predicted octanol–water partition coefficient (Wildman–Crippen LogP) is 1.84. The molecule has 0 aliphatic heterocycles. The lowest BCUT2D eigenvalue weighted by atomic mass is 9.91. The van der Waals surface area contributed by atoms with Gasteiger partial charge in [0, 0.05) is 12.1 Å². The summed E-state index contributed by atoms with van der Waals surface area (Å²) >= 11 is 0. The van der Waals surface area contributed by atoms with Crippen LogP contribution in [0.3, 0.4) is 0 Å². The Kier molecular flexibility index (Phi) is 5.21. The van der Waals surface area contributed by atoms with Crippen LogP contribution in [-0.2, 0) is 4.79 Å². The van der Waals surface area contributed by atoms with Gasteiger partial charge >= 0.3 is 0 Å². The fourth-order valence-corrected chi connectivity index (χ4v) is 2.40. The first-order valence-electron chi connectivity index (χ1n) is 6.98. The molecule has 4 heteroatoms. The summed E-state index contributed by atoms with van der Waals surface area (Å²) in [7, 11) is 0. The standard InChI is InChI=1S/C15H22N2O2/c16-13-8-4-5-9-14(13)17-15(18)10-11-19-12-6-2-1-3-7-12/h1-3,6-7,13-14H,4-5,8-11,16H2,(H,17,18). The number of rotatable bonds is 5. The van der Waals surface area contributed by atoms with Crippen molar-refractivity contribution >= 4 is 5.91 Å². The normalized spacial score (nSPS) is 22.8. The van der Waals surface area contributed by atoms with Crippen molar-refractivity contribution in [2.75, 3.05) is 6.61 Å². The van der Waals surface area contributed by atoms with Crippen LogP contribution in [0.15, 0.2) is 30.3 Å². The van der Waals surface area contributed by atoms with Gasteiger partial charge in [-0.2, -0.15) is 0 Å². The molecule has 1 fully saturated rings. The topological polar surface area (TPSA) is 64.3 Å². The second-order valence-electron chi connectivity index (χ2n) is 5.03. The Labute approximate surface area is 114 Å². The predicted molar refractivity (Wildman–Crippen MR) is 74.9 cm³/mol. The number of amides is 1. The molecule has 0 heterocycles. The van der Waals surface area contributed by atoms with E-state index in [1.165, 1.54) is 6.42 Å². The maximum Gasteiger partial charge on any atom is 0.223 e. The monoisotopic (exact) mass is 262 g/mol. The third-order valence-electron chi connectivity index (χ3n) is 3.51. The minimum absolute atomic E-state index is 0.0262. The second kappa shape index (κ2) is 7.14. The van der Waals surface area contributed by atoms with Crippen LogP contribution in [0.4, 0.5) is 0 Å². The van der Waals surface area contributed by atoms with Gasteiger partial charge in [0.1, 0.15) is 5.75 Å². The maximum atomic E-state index is 11.8. The van der Waals surface area contributed by atoms with Crippen LogP contribution in [0, 0.1) is 0 Å². The lowest BCUT2D eigenvalue weighted by molar-refractivity contribution is -0.122. The minimum Gasteiger partial charge on any atom is -0.493 e. The number of nitrogens with one attached hydrogen (secondary N) is 1. The van der Waals surface area contributed by atoms with E-state index < -0.39 is 0 Å². The molecule has 104 valence electrons. The quantitative estimate of drug-likeness (QED) is 0.851. The molecule has 0 spiro atoms. The van der Waals surface area contributed by atoms with E-state index in [4.69, 9.17) is 10.5 Å². The van der Waals surface area contributed by atoms with E-state index in [1.807, 2.05) is 30.3 Å². The molecule has 0 aromatic heterocycles. The first-order valence-corrected chi connectivity index (χ1v) is 6.98. The van der Waals surface area contributed by atoms with E-state index in [9.17, 15) is 4.79 Å². The third-order valence-corrected chi connectivity index (χ3v) is 3.51. The molecule has 0 saturated heterocycles. The van der Waals surface area contributed by atoms with E-state index in [0.29, 0.717) is 13.0 Å². The van der Waals surface area contributed by atoms with Crippen LogP contribution < -0.4 is 15.8 Å². The third kappa shape index (κ3) is 4.56. The zero-order chi connectivity index (χ0) is 13.5. The van der Waals surface area contributed by atoms with Gasteiger partial charge in [-0.25, -0.2) is 0 Å². The van der Waals surface area contributed by atoms with Crippen molar-refractivity contribution in [2.45, 2.75) is 44.2 Å². The Balaban J connectivity index is 1.67. The van der Waals surface area contributed by atoms with Gasteiger partial charge in [0.15, 0.2) is 0 Å². The average molecular weight is 262 g/mol. The van der Waals surface area contributed by atoms with Crippen LogP contribution in [-0.4, -0.2) is 24.6 Å². The van der Waals surface area contributed by atoms with Gasteiger partial charge in [0.05, 0.1) is 13.0 Å². The van der Waals surface area contributed by atoms with Gasteiger partial charge in [0.25, 0.3) is 0 Å². The highest BCUT2D eigenvalue weighted by Crippen LogP contribution is 2.17. The molecule has 4 nitrogen and oxygen atoms in total. The van der Waals surface area contributed by atoms with E-state index in [0.717, 1.165) is 25.0 Å². The molecule has 0 radical (unpaired) electrons. The van der Waals surface area contributed by atoms with Crippen molar-refractivity contribution in [3.05, 3.63) is 30.3 Å². The summed E-state index contributed by atoms with van der Waals surface area (Å²) in [6.45, 7) is 0.401. The second-order valence-corrected chi connectivity index (χ2v) is 5.03. The molecule has 1 amide bonds. The van der Waals surface area contributed by atoms with Gasteiger partial charge < -0.3 is 15.8 Å². The maximum absolute atomic E-state index is 11.8. The lowest BCUT2D eigenvalue weighted by Gasteiger charge is -2.29. The van der Waals surface area contributed by atoms with Crippen molar-refractivity contribution < 1.29 is 9.53 Å². The first-order chi connectivity index (χ1) is 9.25. The molecule has 3 N–H and O–H groups in total. The Hall–Kier alpha value is -1.55. The van der Waals surface area contributed by atoms with Crippen LogP contribution in [0.1, 0.15) is 32.1 Å². The van der Waals surface area contributed by atoms with Crippen LogP contribution in [0.5, 0.6) is 5.75 Å². The Morgan fingerprint density at radius 3 is 2.74 bits per heavy atom. The molecule has 19 heavy (non-hydrogen) atoms. The number of carbonyl (C=O) groups excluding carboxylic acids is 1. The molecule has 2 atom stereocenters. The van der Waals surface area contributed by atoms with Gasteiger partial charge in [-0.15, -0.1) is 0 Å². The number of nitrogens with two attached hydrogens (primary N) is 1. The zero-order valence-electron chi connectivity index (χ0n) is 11.2. The minimum atomic E-state index is 0.0262. The van der Waals surface area contributed by atoms with Crippen LogP contribution in [0.25, 0.3) is 0 Å². The van der Waals surface area contributed by atoms with Crippen molar-refractivity contribution in [3.63, 3.8) is 0 Å². The SMILES string of the molecule is NC1CCCCC1NC(=O)CCOc1ccccc1. The Bertz CT molecular complexity index is 394. The number of hydrogen-bond acceptors (Lipinski definition) is 3. The van der Waals surface area contributed by atoms with Crippen LogP contribution >= 0.6 is 0 Å². The number of carbonyl (C=O) groups is 1. The van der Waals surface area contributed by atoms with Crippen molar-refractivity contribution in [3.8, 4) is 5.75 Å². The van der Waals surface area contributed by atoms with E-state index in [-0.39, 0.29) is 18.0 Å². The number of benzene rings is 1. The summed E-state index contributed by atoms with van der Waals surface area (Å²) in [6, 6.07) is 9.77. The molecule has 0 bridgehead atoms. The summed E-state index contributed by atoms with van der Waals surface area (Å²) in [5, 5.41) is 3.01. The number of para-hydroxylation sites is 1. The number of ether oxygens (including phenoxy) is 1. The molecular formula is C15H22N2O2. The highest BCUT2D eigenvalue weighted by molar-refractivity contribution is 5.76. The molecule has 2 unspecified atom stereocenters. The summed E-state index contributed by atoms with van der Waals surface area (Å²) in [6.07, 6.45) is 4.69. The van der Waals surface area contributed by atoms with E-state index in [1.54, 1.807) is 0 Å². The highest BCUT2D eigenvalue weighted by atomic mass is 16.5. The largest absolute Gasteiger partial charge is 0.493 e. The first kappa shape index (κ1) is 13.9. The number of hydrogen-bond donors (Lipinski definition) is 2. The zero-order valence-corrected chi connectivity index (χ0v) is 11.2. The summed E-state index contributed by atoms with van der Waals surface area (Å²) in [5.41, 5.74) is 6.00. The van der Waals surface area contributed by atoms with Crippen molar-refractivity contribution in [2.24, 2.45) is 5.73 Å². The smallest absolute Gasteiger partial charge is 0.223 e. The fourth-order valence-electron chi connectivity index (χ4n) is 2.40. The molecule has 1 aliphatic carbocycles. The molecule has 1 aromatic carbocycles. The fraction of sp³-hybridized carbons (Fsp3) is 0.533. The molecule has 1 saturated carbocycles. The lowest BCUT2D eigenvalue weighted by Crippen LogP contribution is -2.49. The Morgan fingerprint density at radius 2 is 2.00 bits per heavy atom. The molecule has 2 rings (SSSR count). The van der Waals surface area contributed by atoms with Gasteiger partial charge in [0.2, 0.25) is 5.91 Å². The van der Waals surface area contributed by atoms with Gasteiger partial charge in [-0.3, -0.25) is 4.79 Å². The molecular weight excluding hydrogens is 240 g/mol. The summed E-state index contributed by atoms with van der Waals surface area (Å²) in [5.74, 6) is 0.822. The van der Waals surface area contributed by atoms with Crippen LogP contribution in [0.2, 0.25) is 0 Å². The summed E-state index contributed by atoms with van der Waals surface area (Å²) in [4.78, 5) is 11.8. The van der Waals surface area contributed by atoms with Crippen molar-refractivity contribution in [1.82, 2.24) is 5.32 Å². The van der Waals surface area contributed by atoms with Gasteiger partial charge in [-0.1, -0.05) is 31.0 Å².